The van der Waals surface area contributed by atoms with E-state index < -0.39 is 0 Å². The Balaban J connectivity index is 1.89. The van der Waals surface area contributed by atoms with Crippen molar-refractivity contribution >= 4 is 11.4 Å². The first-order valence-corrected chi connectivity index (χ1v) is 7.31. The molecular weight excluding hydrogens is 300 g/mol. The van der Waals surface area contributed by atoms with Gasteiger partial charge in [0, 0.05) is 29.6 Å². The maximum atomic E-state index is 5.86. The quantitative estimate of drug-likeness (QED) is 0.552. The zero-order valence-corrected chi connectivity index (χ0v) is 12.9. The molecule has 24 heavy (non-hydrogen) atoms. The molecule has 0 fully saturated rings. The Bertz CT molecular complexity index is 914. The van der Waals surface area contributed by atoms with E-state index in [1.54, 1.807) is 42.5 Å². The van der Waals surface area contributed by atoms with E-state index in [1.165, 1.54) is 0 Å². The number of rotatable bonds is 4. The Morgan fingerprint density at radius 1 is 0.708 bits per heavy atom. The van der Waals surface area contributed by atoms with Crippen LogP contribution in [0, 0.1) is 12.3 Å². The van der Waals surface area contributed by atoms with Gasteiger partial charge in [-0.15, -0.1) is 6.42 Å². The molecular formula is C20H16N2O2. The Labute approximate surface area is 140 Å². The van der Waals surface area contributed by atoms with Crippen LogP contribution < -0.4 is 20.9 Å². The van der Waals surface area contributed by atoms with Gasteiger partial charge < -0.3 is 20.9 Å². The molecule has 0 amide bonds. The summed E-state index contributed by atoms with van der Waals surface area (Å²) in [5, 5.41) is 0. The normalized spacial score (nSPS) is 9.96. The fraction of sp³-hybridized carbons (Fsp3) is 0. The van der Waals surface area contributed by atoms with Crippen molar-refractivity contribution in [2.24, 2.45) is 0 Å². The van der Waals surface area contributed by atoms with Crippen LogP contribution in [0.4, 0.5) is 11.4 Å². The van der Waals surface area contributed by atoms with Crippen LogP contribution in [-0.2, 0) is 0 Å². The maximum Gasteiger partial charge on any atom is 0.146 e. The summed E-state index contributed by atoms with van der Waals surface area (Å²) in [4.78, 5) is 0. The number of hydrogen-bond donors (Lipinski definition) is 2. The van der Waals surface area contributed by atoms with Crippen LogP contribution in [0.5, 0.6) is 23.0 Å². The molecule has 4 N–H and O–H groups in total. The first-order chi connectivity index (χ1) is 11.6. The Kier molecular flexibility index (Phi) is 4.26. The lowest BCUT2D eigenvalue weighted by Gasteiger charge is -2.11. The lowest BCUT2D eigenvalue weighted by atomic mass is 10.2. The van der Waals surface area contributed by atoms with Gasteiger partial charge >= 0.3 is 0 Å². The molecule has 118 valence electrons. The van der Waals surface area contributed by atoms with Crippen LogP contribution in [0.15, 0.2) is 66.7 Å². The van der Waals surface area contributed by atoms with E-state index in [4.69, 9.17) is 27.4 Å². The largest absolute Gasteiger partial charge is 0.457 e. The summed E-state index contributed by atoms with van der Waals surface area (Å²) in [5.41, 5.74) is 13.4. The lowest BCUT2D eigenvalue weighted by molar-refractivity contribution is 0.460. The number of ether oxygens (including phenoxy) is 2. The Hall–Kier alpha value is -3.58. The van der Waals surface area contributed by atoms with Crippen LogP contribution in [-0.4, -0.2) is 0 Å². The van der Waals surface area contributed by atoms with E-state index in [-0.39, 0.29) is 0 Å². The molecule has 0 saturated heterocycles. The van der Waals surface area contributed by atoms with Gasteiger partial charge in [-0.1, -0.05) is 18.1 Å². The van der Waals surface area contributed by atoms with Crippen LogP contribution in [0.2, 0.25) is 0 Å². The highest BCUT2D eigenvalue weighted by Crippen LogP contribution is 2.32. The van der Waals surface area contributed by atoms with Gasteiger partial charge in [0.25, 0.3) is 0 Å². The SMILES string of the molecule is C#Cc1ccc(Oc2cccc(N)c2)cc1Oc1cccc(N)c1. The number of nitrogens with two attached hydrogens (primary N) is 2. The predicted octanol–water partition coefficient (Wildman–Crippen LogP) is 4.42. The highest BCUT2D eigenvalue weighted by atomic mass is 16.5. The lowest BCUT2D eigenvalue weighted by Crippen LogP contribution is -1.92. The summed E-state index contributed by atoms with van der Waals surface area (Å²) >= 11 is 0. The third-order valence-corrected chi connectivity index (χ3v) is 3.29. The van der Waals surface area contributed by atoms with Gasteiger partial charge in [-0.3, -0.25) is 0 Å². The standard InChI is InChI=1S/C20H16N2O2/c1-2-14-9-10-19(23-17-7-3-5-15(21)11-17)13-20(14)24-18-8-4-6-16(22)12-18/h1,3-13H,21-22H2. The fourth-order valence-corrected chi connectivity index (χ4v) is 2.19. The second-order valence-electron chi connectivity index (χ2n) is 5.15. The van der Waals surface area contributed by atoms with Crippen molar-refractivity contribution in [2.75, 3.05) is 11.5 Å². The number of anilines is 2. The second kappa shape index (κ2) is 6.67. The van der Waals surface area contributed by atoms with E-state index >= 15 is 0 Å². The molecule has 3 rings (SSSR count). The van der Waals surface area contributed by atoms with Crippen molar-refractivity contribution in [2.45, 2.75) is 0 Å². The van der Waals surface area contributed by atoms with Gasteiger partial charge in [-0.2, -0.15) is 0 Å². The summed E-state index contributed by atoms with van der Waals surface area (Å²) in [7, 11) is 0. The summed E-state index contributed by atoms with van der Waals surface area (Å²) in [5.74, 6) is 4.95. The summed E-state index contributed by atoms with van der Waals surface area (Å²) in [6.07, 6.45) is 5.54. The maximum absolute atomic E-state index is 5.86. The number of hydrogen-bond acceptors (Lipinski definition) is 4. The molecule has 3 aromatic carbocycles. The average Bonchev–Trinajstić information content (AvgIpc) is 2.55. The van der Waals surface area contributed by atoms with Crippen LogP contribution in [0.3, 0.4) is 0 Å². The van der Waals surface area contributed by atoms with Crippen LogP contribution >= 0.6 is 0 Å². The minimum atomic E-state index is 0.518. The molecule has 0 unspecified atom stereocenters. The molecule has 0 bridgehead atoms. The molecule has 0 saturated carbocycles. The van der Waals surface area contributed by atoms with Gasteiger partial charge in [0.1, 0.15) is 23.0 Å². The first kappa shape index (κ1) is 15.3. The molecule has 4 nitrogen and oxygen atoms in total. The molecule has 0 spiro atoms. The fourth-order valence-electron chi connectivity index (χ4n) is 2.19. The van der Waals surface area contributed by atoms with Crippen molar-refractivity contribution in [3.63, 3.8) is 0 Å². The van der Waals surface area contributed by atoms with E-state index in [0.717, 1.165) is 0 Å². The molecule has 0 aromatic heterocycles. The van der Waals surface area contributed by atoms with Crippen molar-refractivity contribution in [3.05, 3.63) is 72.3 Å². The first-order valence-electron chi connectivity index (χ1n) is 7.31. The van der Waals surface area contributed by atoms with E-state index in [0.29, 0.717) is 39.9 Å². The topological polar surface area (TPSA) is 70.5 Å². The molecule has 3 aromatic rings. The smallest absolute Gasteiger partial charge is 0.146 e. The molecule has 0 atom stereocenters. The summed E-state index contributed by atoms with van der Waals surface area (Å²) in [6, 6.07) is 19.6. The van der Waals surface area contributed by atoms with Crippen LogP contribution in [0.25, 0.3) is 0 Å². The zero-order valence-electron chi connectivity index (χ0n) is 12.9. The highest BCUT2D eigenvalue weighted by molar-refractivity contribution is 5.53. The van der Waals surface area contributed by atoms with Crippen molar-refractivity contribution in [1.29, 1.82) is 0 Å². The van der Waals surface area contributed by atoms with E-state index in [9.17, 15) is 0 Å². The molecule has 0 aliphatic carbocycles. The molecule has 0 heterocycles. The minimum absolute atomic E-state index is 0.518. The van der Waals surface area contributed by atoms with Crippen molar-refractivity contribution < 1.29 is 9.47 Å². The van der Waals surface area contributed by atoms with Gasteiger partial charge in [-0.05, 0) is 36.4 Å². The number of nitrogen functional groups attached to an aromatic ring is 2. The highest BCUT2D eigenvalue weighted by Gasteiger charge is 2.07. The predicted molar refractivity (Wildman–Crippen MR) is 96.2 cm³/mol. The molecule has 4 heteroatoms. The molecule has 0 aliphatic heterocycles. The van der Waals surface area contributed by atoms with E-state index in [2.05, 4.69) is 5.92 Å². The second-order valence-corrected chi connectivity index (χ2v) is 5.15. The Morgan fingerprint density at radius 2 is 1.29 bits per heavy atom. The van der Waals surface area contributed by atoms with Gasteiger partial charge in [0.2, 0.25) is 0 Å². The van der Waals surface area contributed by atoms with Gasteiger partial charge in [-0.25, -0.2) is 0 Å². The summed E-state index contributed by atoms with van der Waals surface area (Å²) < 4.78 is 11.7. The van der Waals surface area contributed by atoms with Crippen molar-refractivity contribution in [1.82, 2.24) is 0 Å². The van der Waals surface area contributed by atoms with Gasteiger partial charge in [0.15, 0.2) is 0 Å². The number of terminal acetylenes is 1. The monoisotopic (exact) mass is 316 g/mol. The Morgan fingerprint density at radius 3 is 1.88 bits per heavy atom. The zero-order chi connectivity index (χ0) is 16.9. The number of benzene rings is 3. The van der Waals surface area contributed by atoms with Gasteiger partial charge in [0.05, 0.1) is 5.56 Å². The third-order valence-electron chi connectivity index (χ3n) is 3.29. The average molecular weight is 316 g/mol. The van der Waals surface area contributed by atoms with Crippen molar-refractivity contribution in [3.8, 4) is 35.3 Å². The third kappa shape index (κ3) is 3.60. The summed E-state index contributed by atoms with van der Waals surface area (Å²) in [6.45, 7) is 0. The van der Waals surface area contributed by atoms with Crippen LogP contribution in [0.1, 0.15) is 5.56 Å². The molecule has 0 aliphatic rings. The van der Waals surface area contributed by atoms with E-state index in [1.807, 2.05) is 24.3 Å². The minimum Gasteiger partial charge on any atom is -0.457 e. The molecule has 0 radical (unpaired) electrons.